The van der Waals surface area contributed by atoms with Gasteiger partial charge in [-0.15, -0.1) is 0 Å². The minimum absolute atomic E-state index is 0.345. The van der Waals surface area contributed by atoms with Crippen LogP contribution in [0.2, 0.25) is 0 Å². The number of benzene rings is 2. The Balaban J connectivity index is 1.75. The number of fused-ring (bicyclic) bond motifs is 1. The number of hydrogen-bond acceptors (Lipinski definition) is 4. The van der Waals surface area contributed by atoms with Gasteiger partial charge in [-0.25, -0.2) is 9.78 Å². The molecule has 4 rings (SSSR count). The van der Waals surface area contributed by atoms with Gasteiger partial charge in [0.15, 0.2) is 0 Å². The molecule has 2 aromatic heterocycles. The number of carbonyl (C=O) groups is 1. The maximum Gasteiger partial charge on any atom is 0.337 e. The summed E-state index contributed by atoms with van der Waals surface area (Å²) in [6.45, 7) is 0. The van der Waals surface area contributed by atoms with E-state index in [0.29, 0.717) is 5.56 Å². The zero-order valence-electron chi connectivity index (χ0n) is 15.0. The van der Waals surface area contributed by atoms with Crippen LogP contribution in [0.4, 0.5) is 0 Å². The highest BCUT2D eigenvalue weighted by atomic mass is 16.5. The Morgan fingerprint density at radius 2 is 1.63 bits per heavy atom. The second kappa shape index (κ2) is 6.96. The van der Waals surface area contributed by atoms with Crippen LogP contribution >= 0.6 is 0 Å². The maximum atomic E-state index is 11.6. The Bertz CT molecular complexity index is 1100. The van der Waals surface area contributed by atoms with Gasteiger partial charge in [0.1, 0.15) is 11.4 Å². The number of pyridine rings is 1. The highest BCUT2D eigenvalue weighted by Gasteiger charge is 2.11. The lowest BCUT2D eigenvalue weighted by molar-refractivity contribution is 0.0601. The Kier molecular flexibility index (Phi) is 4.34. The van der Waals surface area contributed by atoms with Crippen molar-refractivity contribution >= 4 is 11.6 Å². The van der Waals surface area contributed by atoms with Crippen LogP contribution in [0.25, 0.3) is 28.0 Å². The van der Waals surface area contributed by atoms with Crippen LogP contribution in [-0.2, 0) is 4.74 Å². The average Bonchev–Trinajstić information content (AvgIpc) is 3.18. The number of hydrogen-bond donors (Lipinski definition) is 0. The fraction of sp³-hybridized carbons (Fsp3) is 0.0909. The minimum Gasteiger partial charge on any atom is -0.497 e. The first-order valence-corrected chi connectivity index (χ1v) is 8.50. The zero-order valence-corrected chi connectivity index (χ0v) is 15.0. The van der Waals surface area contributed by atoms with Gasteiger partial charge in [0.25, 0.3) is 0 Å². The van der Waals surface area contributed by atoms with E-state index >= 15 is 0 Å². The highest BCUT2D eigenvalue weighted by Crippen LogP contribution is 2.28. The lowest BCUT2D eigenvalue weighted by Gasteiger charge is -2.05. The Morgan fingerprint density at radius 3 is 2.30 bits per heavy atom. The van der Waals surface area contributed by atoms with Gasteiger partial charge in [-0.3, -0.25) is 0 Å². The van der Waals surface area contributed by atoms with Gasteiger partial charge in [-0.1, -0.05) is 12.1 Å². The molecule has 134 valence electrons. The number of esters is 1. The first-order chi connectivity index (χ1) is 13.2. The molecule has 0 spiro atoms. The van der Waals surface area contributed by atoms with Gasteiger partial charge in [0.2, 0.25) is 0 Å². The molecule has 0 fully saturated rings. The second-order valence-corrected chi connectivity index (χ2v) is 6.08. The molecule has 5 nitrogen and oxygen atoms in total. The van der Waals surface area contributed by atoms with Crippen molar-refractivity contribution < 1.29 is 14.3 Å². The molecule has 0 saturated carbocycles. The fourth-order valence-electron chi connectivity index (χ4n) is 3.04. The normalized spacial score (nSPS) is 10.7. The quantitative estimate of drug-likeness (QED) is 0.505. The van der Waals surface area contributed by atoms with E-state index in [9.17, 15) is 4.79 Å². The summed E-state index contributed by atoms with van der Waals surface area (Å²) in [5.41, 5.74) is 5.26. The molecular weight excluding hydrogens is 340 g/mol. The lowest BCUT2D eigenvalue weighted by atomic mass is 10.1. The van der Waals surface area contributed by atoms with E-state index < -0.39 is 0 Å². The van der Waals surface area contributed by atoms with Crippen molar-refractivity contribution in [2.75, 3.05) is 14.2 Å². The molecule has 0 unspecified atom stereocenters. The Labute approximate surface area is 156 Å². The topological polar surface area (TPSA) is 52.8 Å². The van der Waals surface area contributed by atoms with Crippen LogP contribution in [0.1, 0.15) is 10.4 Å². The van der Waals surface area contributed by atoms with Crippen molar-refractivity contribution in [2.24, 2.45) is 0 Å². The number of imidazole rings is 1. The number of carbonyl (C=O) groups excluding carboxylic acids is 1. The number of nitrogens with zero attached hydrogens (tertiary/aromatic N) is 2. The van der Waals surface area contributed by atoms with Crippen LogP contribution in [0.3, 0.4) is 0 Å². The van der Waals surface area contributed by atoms with Crippen molar-refractivity contribution in [3.8, 4) is 28.1 Å². The molecule has 2 heterocycles. The summed E-state index contributed by atoms with van der Waals surface area (Å²) >= 11 is 0. The third kappa shape index (κ3) is 3.15. The van der Waals surface area contributed by atoms with Gasteiger partial charge in [0, 0.05) is 23.5 Å². The van der Waals surface area contributed by atoms with E-state index in [4.69, 9.17) is 14.5 Å². The molecule has 27 heavy (non-hydrogen) atoms. The van der Waals surface area contributed by atoms with Crippen LogP contribution < -0.4 is 4.74 Å². The monoisotopic (exact) mass is 358 g/mol. The molecule has 4 aromatic rings. The number of methoxy groups -OCH3 is 2. The predicted molar refractivity (Wildman–Crippen MR) is 104 cm³/mol. The van der Waals surface area contributed by atoms with Crippen LogP contribution in [0.5, 0.6) is 5.75 Å². The van der Waals surface area contributed by atoms with Crippen molar-refractivity contribution in [2.45, 2.75) is 0 Å². The van der Waals surface area contributed by atoms with Crippen molar-refractivity contribution in [3.63, 3.8) is 0 Å². The van der Waals surface area contributed by atoms with Crippen LogP contribution in [-0.4, -0.2) is 29.6 Å². The molecule has 0 aliphatic rings. The summed E-state index contributed by atoms with van der Waals surface area (Å²) in [7, 11) is 3.03. The van der Waals surface area contributed by atoms with E-state index in [1.165, 1.54) is 7.11 Å². The maximum absolute atomic E-state index is 11.6. The molecule has 0 aliphatic carbocycles. The number of rotatable bonds is 4. The molecular formula is C22H18N2O3. The zero-order chi connectivity index (χ0) is 18.8. The summed E-state index contributed by atoms with van der Waals surface area (Å²) in [6, 6.07) is 19.2. The molecule has 0 saturated heterocycles. The molecule has 2 aromatic carbocycles. The molecule has 0 N–H and O–H groups in total. The fourth-order valence-corrected chi connectivity index (χ4v) is 3.04. The molecule has 0 bridgehead atoms. The third-order valence-corrected chi connectivity index (χ3v) is 4.49. The summed E-state index contributed by atoms with van der Waals surface area (Å²) in [5.74, 6) is 0.469. The summed E-state index contributed by atoms with van der Waals surface area (Å²) in [6.07, 6.45) is 3.98. The Hall–Kier alpha value is -3.60. The van der Waals surface area contributed by atoms with Crippen molar-refractivity contribution in [1.82, 2.24) is 9.38 Å². The van der Waals surface area contributed by atoms with Crippen LogP contribution in [0.15, 0.2) is 73.1 Å². The minimum atomic E-state index is -0.345. The highest BCUT2D eigenvalue weighted by molar-refractivity contribution is 5.90. The van der Waals surface area contributed by atoms with E-state index in [1.807, 2.05) is 65.3 Å². The summed E-state index contributed by atoms with van der Waals surface area (Å²) in [5, 5.41) is 0. The first kappa shape index (κ1) is 16.8. The standard InChI is InChI=1S/C22H18N2O3/c1-26-18-11-9-16(10-12-18)20-14-24-13-3-4-19(21(24)23-20)15-5-7-17(8-6-15)22(25)27-2/h3-14H,1-2H3. The SMILES string of the molecule is COC(=O)c1ccc(-c2cccn3cc(-c4ccc(OC)cc4)nc23)cc1. The van der Waals surface area contributed by atoms with Crippen molar-refractivity contribution in [3.05, 3.63) is 78.6 Å². The van der Waals surface area contributed by atoms with Crippen molar-refractivity contribution in [1.29, 1.82) is 0 Å². The van der Waals surface area contributed by atoms with E-state index in [1.54, 1.807) is 19.2 Å². The van der Waals surface area contributed by atoms with Gasteiger partial charge >= 0.3 is 5.97 Å². The van der Waals surface area contributed by atoms with Gasteiger partial charge in [0.05, 0.1) is 25.5 Å². The van der Waals surface area contributed by atoms with Gasteiger partial charge < -0.3 is 13.9 Å². The van der Waals surface area contributed by atoms with E-state index in [0.717, 1.165) is 33.8 Å². The number of ether oxygens (including phenoxy) is 2. The third-order valence-electron chi connectivity index (χ3n) is 4.49. The molecule has 0 amide bonds. The summed E-state index contributed by atoms with van der Waals surface area (Å²) < 4.78 is 12.0. The smallest absolute Gasteiger partial charge is 0.337 e. The molecule has 0 radical (unpaired) electrons. The predicted octanol–water partition coefficient (Wildman–Crippen LogP) is 4.46. The molecule has 0 atom stereocenters. The first-order valence-electron chi connectivity index (χ1n) is 8.50. The average molecular weight is 358 g/mol. The van der Waals surface area contributed by atoms with Gasteiger partial charge in [-0.2, -0.15) is 0 Å². The molecule has 0 aliphatic heterocycles. The molecule has 5 heteroatoms. The Morgan fingerprint density at radius 1 is 0.926 bits per heavy atom. The lowest BCUT2D eigenvalue weighted by Crippen LogP contribution is -2.00. The number of aromatic nitrogens is 2. The van der Waals surface area contributed by atoms with Gasteiger partial charge in [-0.05, 0) is 54.1 Å². The second-order valence-electron chi connectivity index (χ2n) is 6.08. The largest absolute Gasteiger partial charge is 0.497 e. The van der Waals surface area contributed by atoms with Crippen LogP contribution in [0, 0.1) is 0 Å². The van der Waals surface area contributed by atoms with E-state index in [-0.39, 0.29) is 5.97 Å². The summed E-state index contributed by atoms with van der Waals surface area (Å²) in [4.78, 5) is 16.5. The van der Waals surface area contributed by atoms with E-state index in [2.05, 4.69) is 0 Å².